The maximum atomic E-state index is 13.1. The summed E-state index contributed by atoms with van der Waals surface area (Å²) in [7, 11) is 0. The number of hydrogen-bond donors (Lipinski definition) is 0. The van der Waals surface area contributed by atoms with Crippen LogP contribution in [0.5, 0.6) is 0 Å². The van der Waals surface area contributed by atoms with E-state index in [9.17, 15) is 13.2 Å². The SMILES string of the molecule is CC(C)(C)c1ncc2c(n1)CCN(Cc1cccn1-c1cccc(C(F)(F)F)c1)C2. The minimum absolute atomic E-state index is 0.0854. The summed E-state index contributed by atoms with van der Waals surface area (Å²) in [6.45, 7) is 8.53. The zero-order valence-electron chi connectivity index (χ0n) is 17.4. The molecule has 0 spiro atoms. The van der Waals surface area contributed by atoms with Crippen LogP contribution in [0.15, 0.2) is 48.8 Å². The summed E-state index contributed by atoms with van der Waals surface area (Å²) in [6.07, 6.45) is 0.208. The molecule has 30 heavy (non-hydrogen) atoms. The lowest BCUT2D eigenvalue weighted by Gasteiger charge is -2.29. The summed E-state index contributed by atoms with van der Waals surface area (Å²) in [5.41, 5.74) is 2.95. The molecule has 0 fully saturated rings. The van der Waals surface area contributed by atoms with E-state index in [1.807, 2.05) is 22.9 Å². The van der Waals surface area contributed by atoms with Gasteiger partial charge >= 0.3 is 6.18 Å². The zero-order valence-corrected chi connectivity index (χ0v) is 17.4. The van der Waals surface area contributed by atoms with E-state index in [2.05, 4.69) is 30.7 Å². The molecule has 4 rings (SSSR count). The van der Waals surface area contributed by atoms with Crippen molar-refractivity contribution in [2.45, 2.75) is 51.9 Å². The highest BCUT2D eigenvalue weighted by Gasteiger charge is 2.30. The van der Waals surface area contributed by atoms with E-state index in [-0.39, 0.29) is 5.41 Å². The van der Waals surface area contributed by atoms with Gasteiger partial charge in [0, 0.05) is 66.5 Å². The highest BCUT2D eigenvalue weighted by Crippen LogP contribution is 2.31. The zero-order chi connectivity index (χ0) is 21.5. The minimum Gasteiger partial charge on any atom is -0.320 e. The second kappa shape index (κ2) is 7.54. The van der Waals surface area contributed by atoms with Gasteiger partial charge in [-0.15, -0.1) is 0 Å². The summed E-state index contributed by atoms with van der Waals surface area (Å²) in [5, 5.41) is 0. The van der Waals surface area contributed by atoms with Gasteiger partial charge in [-0.1, -0.05) is 26.8 Å². The second-order valence-electron chi connectivity index (χ2n) is 8.79. The number of fused-ring (bicyclic) bond motifs is 1. The van der Waals surface area contributed by atoms with Gasteiger partial charge in [-0.2, -0.15) is 13.2 Å². The van der Waals surface area contributed by atoms with E-state index in [1.54, 1.807) is 12.3 Å². The number of aromatic nitrogens is 3. The lowest BCUT2D eigenvalue weighted by molar-refractivity contribution is -0.137. The maximum Gasteiger partial charge on any atom is 0.416 e. The molecule has 0 aliphatic carbocycles. The summed E-state index contributed by atoms with van der Waals surface area (Å²) in [4.78, 5) is 11.6. The molecule has 0 saturated heterocycles. The van der Waals surface area contributed by atoms with Crippen molar-refractivity contribution in [3.63, 3.8) is 0 Å². The van der Waals surface area contributed by atoms with E-state index >= 15 is 0 Å². The molecule has 2 aromatic heterocycles. The fourth-order valence-corrected chi connectivity index (χ4v) is 3.73. The predicted octanol–water partition coefficient (Wildman–Crippen LogP) is 5.14. The number of nitrogens with zero attached hydrogens (tertiary/aromatic N) is 4. The van der Waals surface area contributed by atoms with Gasteiger partial charge in [-0.05, 0) is 30.3 Å². The molecule has 0 saturated carbocycles. The Labute approximate surface area is 174 Å². The van der Waals surface area contributed by atoms with Crippen LogP contribution in [0.1, 0.15) is 49.1 Å². The van der Waals surface area contributed by atoms with E-state index in [4.69, 9.17) is 4.98 Å². The molecule has 158 valence electrons. The molecule has 7 heteroatoms. The lowest BCUT2D eigenvalue weighted by Crippen LogP contribution is -2.32. The predicted molar refractivity (Wildman–Crippen MR) is 109 cm³/mol. The van der Waals surface area contributed by atoms with E-state index < -0.39 is 11.7 Å². The fourth-order valence-electron chi connectivity index (χ4n) is 3.73. The average molecular weight is 414 g/mol. The molecule has 0 N–H and O–H groups in total. The fraction of sp³-hybridized carbons (Fsp3) is 0.391. The van der Waals surface area contributed by atoms with Crippen LogP contribution in [-0.2, 0) is 31.1 Å². The minimum atomic E-state index is -4.36. The van der Waals surface area contributed by atoms with Crippen molar-refractivity contribution in [1.29, 1.82) is 0 Å². The first-order chi connectivity index (χ1) is 14.1. The third-order valence-corrected chi connectivity index (χ3v) is 5.35. The van der Waals surface area contributed by atoms with Crippen molar-refractivity contribution in [3.8, 4) is 5.69 Å². The van der Waals surface area contributed by atoms with Gasteiger partial charge in [-0.25, -0.2) is 9.97 Å². The van der Waals surface area contributed by atoms with Gasteiger partial charge < -0.3 is 4.57 Å². The number of benzene rings is 1. The number of alkyl halides is 3. The van der Waals surface area contributed by atoms with Gasteiger partial charge in [0.15, 0.2) is 0 Å². The lowest BCUT2D eigenvalue weighted by atomic mass is 9.95. The van der Waals surface area contributed by atoms with Gasteiger partial charge in [-0.3, -0.25) is 4.90 Å². The quantitative estimate of drug-likeness (QED) is 0.595. The Morgan fingerprint density at radius 1 is 1.07 bits per heavy atom. The molecular formula is C23H25F3N4. The first-order valence-electron chi connectivity index (χ1n) is 10.0. The molecule has 1 aliphatic rings. The second-order valence-corrected chi connectivity index (χ2v) is 8.79. The van der Waals surface area contributed by atoms with Crippen molar-refractivity contribution < 1.29 is 13.2 Å². The van der Waals surface area contributed by atoms with Crippen LogP contribution in [0.3, 0.4) is 0 Å². The van der Waals surface area contributed by atoms with Crippen LogP contribution in [-0.4, -0.2) is 26.0 Å². The van der Waals surface area contributed by atoms with Crippen LogP contribution < -0.4 is 0 Å². The molecule has 0 unspecified atom stereocenters. The summed E-state index contributed by atoms with van der Waals surface area (Å²) in [5.74, 6) is 0.855. The number of rotatable bonds is 3. The van der Waals surface area contributed by atoms with Crippen molar-refractivity contribution in [3.05, 3.63) is 77.1 Å². The summed E-state index contributed by atoms with van der Waals surface area (Å²) >= 11 is 0. The van der Waals surface area contributed by atoms with E-state index in [0.29, 0.717) is 12.2 Å². The monoisotopic (exact) mass is 414 g/mol. The molecule has 0 bridgehead atoms. The van der Waals surface area contributed by atoms with Crippen molar-refractivity contribution in [2.24, 2.45) is 0 Å². The van der Waals surface area contributed by atoms with Gasteiger partial charge in [0.2, 0.25) is 0 Å². The highest BCUT2D eigenvalue weighted by atomic mass is 19.4. The molecule has 1 aliphatic heterocycles. The standard InChI is InChI=1S/C23H25F3N4/c1-22(2,3)21-27-13-16-14-29(11-9-20(16)28-21)15-19-8-5-10-30(19)18-7-4-6-17(12-18)23(24,25)26/h4-8,10,12-13H,9,11,14-15H2,1-3H3. The Hall–Kier alpha value is -2.67. The molecule has 0 amide bonds. The Morgan fingerprint density at radius 2 is 1.87 bits per heavy atom. The average Bonchev–Trinajstić information content (AvgIpc) is 3.14. The van der Waals surface area contributed by atoms with Crippen molar-refractivity contribution >= 4 is 0 Å². The maximum absolute atomic E-state index is 13.1. The van der Waals surface area contributed by atoms with Crippen LogP contribution in [0, 0.1) is 0 Å². The Morgan fingerprint density at radius 3 is 2.60 bits per heavy atom. The molecule has 0 radical (unpaired) electrons. The smallest absolute Gasteiger partial charge is 0.320 e. The Bertz CT molecular complexity index is 1050. The molecule has 3 heterocycles. The van der Waals surface area contributed by atoms with Gasteiger partial charge in [0.05, 0.1) is 5.56 Å². The molecule has 3 aromatic rings. The first kappa shape index (κ1) is 20.6. The summed E-state index contributed by atoms with van der Waals surface area (Å²) in [6, 6.07) is 9.26. The topological polar surface area (TPSA) is 34.0 Å². The van der Waals surface area contributed by atoms with Crippen LogP contribution in [0.2, 0.25) is 0 Å². The summed E-state index contributed by atoms with van der Waals surface area (Å²) < 4.78 is 41.1. The van der Waals surface area contributed by atoms with E-state index in [1.165, 1.54) is 12.1 Å². The Balaban J connectivity index is 1.53. The largest absolute Gasteiger partial charge is 0.416 e. The molecular weight excluding hydrogens is 389 g/mol. The number of hydrogen-bond acceptors (Lipinski definition) is 3. The highest BCUT2D eigenvalue weighted by molar-refractivity contribution is 5.39. The van der Waals surface area contributed by atoms with Crippen LogP contribution in [0.4, 0.5) is 13.2 Å². The van der Waals surface area contributed by atoms with Gasteiger partial charge in [0.1, 0.15) is 5.82 Å². The van der Waals surface area contributed by atoms with Crippen molar-refractivity contribution in [1.82, 2.24) is 19.4 Å². The van der Waals surface area contributed by atoms with E-state index in [0.717, 1.165) is 48.4 Å². The molecule has 1 aromatic carbocycles. The normalized spacial score (nSPS) is 15.3. The Kier molecular flexibility index (Phi) is 5.18. The third kappa shape index (κ3) is 4.26. The molecule has 0 atom stereocenters. The third-order valence-electron chi connectivity index (χ3n) is 5.35. The van der Waals surface area contributed by atoms with Crippen LogP contribution in [0.25, 0.3) is 5.69 Å². The first-order valence-corrected chi connectivity index (χ1v) is 10.0. The van der Waals surface area contributed by atoms with Crippen molar-refractivity contribution in [2.75, 3.05) is 6.54 Å². The molecule has 4 nitrogen and oxygen atoms in total. The van der Waals surface area contributed by atoms with Crippen LogP contribution >= 0.6 is 0 Å². The van der Waals surface area contributed by atoms with Gasteiger partial charge in [0.25, 0.3) is 0 Å². The number of halogens is 3.